The molecule has 0 aromatic carbocycles. The lowest BCUT2D eigenvalue weighted by atomic mass is 10.2. The lowest BCUT2D eigenvalue weighted by Gasteiger charge is -2.14. The summed E-state index contributed by atoms with van der Waals surface area (Å²) in [4.78, 5) is 48.2. The Morgan fingerprint density at radius 3 is 2.38 bits per heavy atom. The van der Waals surface area contributed by atoms with E-state index in [9.17, 15) is 14.4 Å². The number of carbonyl (C=O) groups excluding carboxylic acids is 3. The molecule has 0 radical (unpaired) electrons. The summed E-state index contributed by atoms with van der Waals surface area (Å²) >= 11 is 0. The van der Waals surface area contributed by atoms with Crippen LogP contribution >= 0.6 is 0 Å². The molecular formula is C21H22N8O3. The van der Waals surface area contributed by atoms with Crippen LogP contribution in [-0.2, 0) is 4.79 Å². The van der Waals surface area contributed by atoms with Crippen LogP contribution in [-0.4, -0.2) is 39.3 Å². The van der Waals surface area contributed by atoms with E-state index < -0.39 is 11.9 Å². The third kappa shape index (κ3) is 6.23. The van der Waals surface area contributed by atoms with Gasteiger partial charge in [0.15, 0.2) is 0 Å². The standard InChI is InChI=1S/C21H22N8O3/c1-3-23-21(32)29-19-9-17(27-15-6-7-18(24-11-15)26-13(2)30)16(12-25-19)20(31)28-14-5-4-8-22-10-14/h4-12H,3H2,1-2H3,(H,28,31)(H,24,26,30)(H3,23,25,27,29,32). The molecule has 0 fully saturated rings. The van der Waals surface area contributed by atoms with Crippen molar-refractivity contribution in [1.82, 2.24) is 20.3 Å². The molecule has 11 heteroatoms. The number of hydrogen-bond acceptors (Lipinski definition) is 7. The highest BCUT2D eigenvalue weighted by Gasteiger charge is 2.15. The maximum Gasteiger partial charge on any atom is 0.320 e. The number of aromatic nitrogens is 3. The van der Waals surface area contributed by atoms with Gasteiger partial charge >= 0.3 is 6.03 Å². The lowest BCUT2D eigenvalue weighted by molar-refractivity contribution is -0.114. The van der Waals surface area contributed by atoms with Crippen molar-refractivity contribution in [2.24, 2.45) is 0 Å². The summed E-state index contributed by atoms with van der Waals surface area (Å²) in [6.07, 6.45) is 5.98. The first-order chi connectivity index (χ1) is 15.4. The van der Waals surface area contributed by atoms with E-state index in [1.165, 1.54) is 31.6 Å². The number of carbonyl (C=O) groups is 3. The second-order valence-electron chi connectivity index (χ2n) is 6.53. The highest BCUT2D eigenvalue weighted by atomic mass is 16.2. The molecule has 0 aliphatic carbocycles. The Bertz CT molecular complexity index is 1100. The van der Waals surface area contributed by atoms with Gasteiger partial charge in [-0.15, -0.1) is 0 Å². The highest BCUT2D eigenvalue weighted by Crippen LogP contribution is 2.24. The molecule has 0 saturated carbocycles. The smallest absolute Gasteiger partial charge is 0.320 e. The highest BCUT2D eigenvalue weighted by molar-refractivity contribution is 6.08. The second kappa shape index (κ2) is 10.5. The minimum absolute atomic E-state index is 0.234. The van der Waals surface area contributed by atoms with Crippen LogP contribution in [0, 0.1) is 0 Å². The summed E-state index contributed by atoms with van der Waals surface area (Å²) in [5, 5.41) is 13.7. The maximum atomic E-state index is 12.9. The molecule has 3 rings (SSSR count). The molecule has 0 spiro atoms. The molecule has 5 N–H and O–H groups in total. The van der Waals surface area contributed by atoms with E-state index in [1.807, 2.05) is 0 Å². The van der Waals surface area contributed by atoms with Crippen molar-refractivity contribution < 1.29 is 14.4 Å². The zero-order valence-corrected chi connectivity index (χ0v) is 17.5. The van der Waals surface area contributed by atoms with Crippen LogP contribution in [0.1, 0.15) is 24.2 Å². The van der Waals surface area contributed by atoms with E-state index in [0.717, 1.165) is 0 Å². The van der Waals surface area contributed by atoms with Gasteiger partial charge in [-0.2, -0.15) is 0 Å². The number of pyridine rings is 3. The first kappa shape index (κ1) is 22.2. The lowest BCUT2D eigenvalue weighted by Crippen LogP contribution is -2.28. The number of urea groups is 1. The van der Waals surface area contributed by atoms with Gasteiger partial charge in [-0.3, -0.25) is 19.9 Å². The Labute approximate surface area is 184 Å². The number of amides is 4. The van der Waals surface area contributed by atoms with Gasteiger partial charge in [0.2, 0.25) is 5.91 Å². The topological polar surface area (TPSA) is 150 Å². The fourth-order valence-electron chi connectivity index (χ4n) is 2.64. The van der Waals surface area contributed by atoms with E-state index in [4.69, 9.17) is 0 Å². The van der Waals surface area contributed by atoms with E-state index in [0.29, 0.717) is 29.4 Å². The second-order valence-corrected chi connectivity index (χ2v) is 6.53. The third-order valence-electron chi connectivity index (χ3n) is 3.99. The van der Waals surface area contributed by atoms with E-state index in [-0.39, 0.29) is 17.3 Å². The van der Waals surface area contributed by atoms with Gasteiger partial charge < -0.3 is 21.3 Å². The quantitative estimate of drug-likeness (QED) is 0.384. The monoisotopic (exact) mass is 434 g/mol. The van der Waals surface area contributed by atoms with Crippen LogP contribution in [0.3, 0.4) is 0 Å². The Hall–Kier alpha value is -4.54. The van der Waals surface area contributed by atoms with Gasteiger partial charge in [-0.25, -0.2) is 14.8 Å². The third-order valence-corrected chi connectivity index (χ3v) is 3.99. The Morgan fingerprint density at radius 1 is 0.906 bits per heavy atom. The van der Waals surface area contributed by atoms with Gasteiger partial charge in [0.25, 0.3) is 5.91 Å². The summed E-state index contributed by atoms with van der Waals surface area (Å²) in [7, 11) is 0. The average Bonchev–Trinajstić information content (AvgIpc) is 2.76. The molecule has 0 aliphatic rings. The normalized spacial score (nSPS) is 10.1. The molecule has 4 amide bonds. The van der Waals surface area contributed by atoms with Crippen LogP contribution in [0.2, 0.25) is 0 Å². The van der Waals surface area contributed by atoms with E-state index in [2.05, 4.69) is 41.5 Å². The summed E-state index contributed by atoms with van der Waals surface area (Å²) in [6.45, 7) is 3.64. The number of hydrogen-bond donors (Lipinski definition) is 5. The fourth-order valence-corrected chi connectivity index (χ4v) is 2.64. The fraction of sp³-hybridized carbons (Fsp3) is 0.143. The first-order valence-electron chi connectivity index (χ1n) is 9.71. The zero-order chi connectivity index (χ0) is 22.9. The van der Waals surface area contributed by atoms with Crippen LogP contribution in [0.15, 0.2) is 55.1 Å². The molecule has 0 atom stereocenters. The van der Waals surface area contributed by atoms with Gasteiger partial charge in [-0.05, 0) is 31.2 Å². The van der Waals surface area contributed by atoms with Crippen molar-refractivity contribution >= 4 is 46.5 Å². The van der Waals surface area contributed by atoms with Gasteiger partial charge in [0, 0.05) is 31.9 Å². The van der Waals surface area contributed by atoms with E-state index >= 15 is 0 Å². The van der Waals surface area contributed by atoms with E-state index in [1.54, 1.807) is 37.4 Å². The molecule has 0 aliphatic heterocycles. The summed E-state index contributed by atoms with van der Waals surface area (Å²) < 4.78 is 0. The van der Waals surface area contributed by atoms with Crippen molar-refractivity contribution in [3.63, 3.8) is 0 Å². The number of anilines is 5. The van der Waals surface area contributed by atoms with Crippen molar-refractivity contribution in [3.8, 4) is 0 Å². The van der Waals surface area contributed by atoms with Crippen molar-refractivity contribution in [3.05, 3.63) is 60.7 Å². The van der Waals surface area contributed by atoms with Crippen LogP contribution in [0.25, 0.3) is 0 Å². The molecule has 3 heterocycles. The molecular weight excluding hydrogens is 412 g/mol. The van der Waals surface area contributed by atoms with Crippen molar-refractivity contribution in [2.45, 2.75) is 13.8 Å². The molecule has 164 valence electrons. The number of rotatable bonds is 7. The summed E-state index contributed by atoms with van der Waals surface area (Å²) in [5.74, 6) is -0.00622. The van der Waals surface area contributed by atoms with Crippen LogP contribution < -0.4 is 26.6 Å². The molecule has 0 bridgehead atoms. The minimum atomic E-state index is -0.417. The molecule has 32 heavy (non-hydrogen) atoms. The van der Waals surface area contributed by atoms with Crippen LogP contribution in [0.5, 0.6) is 0 Å². The Kier molecular flexibility index (Phi) is 7.25. The average molecular weight is 434 g/mol. The van der Waals surface area contributed by atoms with Crippen molar-refractivity contribution in [1.29, 1.82) is 0 Å². The predicted molar refractivity (Wildman–Crippen MR) is 121 cm³/mol. The predicted octanol–water partition coefficient (Wildman–Crippen LogP) is 2.97. The summed E-state index contributed by atoms with van der Waals surface area (Å²) in [6, 6.07) is 7.84. The molecule has 3 aromatic rings. The molecule has 3 aromatic heterocycles. The van der Waals surface area contributed by atoms with Crippen LogP contribution in [0.4, 0.5) is 33.5 Å². The minimum Gasteiger partial charge on any atom is -0.353 e. The Balaban J connectivity index is 1.87. The molecule has 0 unspecified atom stereocenters. The SMILES string of the molecule is CCNC(=O)Nc1cc(Nc2ccc(NC(C)=O)nc2)c(C(=O)Nc2cccnc2)cn1. The van der Waals surface area contributed by atoms with Gasteiger partial charge in [0.1, 0.15) is 11.6 Å². The number of nitrogens with one attached hydrogen (secondary N) is 5. The molecule has 0 saturated heterocycles. The first-order valence-corrected chi connectivity index (χ1v) is 9.71. The van der Waals surface area contributed by atoms with Crippen molar-refractivity contribution in [2.75, 3.05) is 27.8 Å². The van der Waals surface area contributed by atoms with Gasteiger partial charge in [-0.1, -0.05) is 0 Å². The summed E-state index contributed by atoms with van der Waals surface area (Å²) in [5.41, 5.74) is 1.71. The zero-order valence-electron chi connectivity index (χ0n) is 17.5. The van der Waals surface area contributed by atoms with Gasteiger partial charge in [0.05, 0.1) is 35.0 Å². The number of nitrogens with zero attached hydrogens (tertiary/aromatic N) is 3. The largest absolute Gasteiger partial charge is 0.353 e. The maximum absolute atomic E-state index is 12.9. The Morgan fingerprint density at radius 2 is 1.72 bits per heavy atom. The molecule has 11 nitrogen and oxygen atoms in total.